The standard InChI is InChI=1S/C11H13NO2/c1-5-14-10(13)11(12-4)6-8(2)9(3)7-11/h2-3,5-7H2,1H3. The molecule has 74 valence electrons. The molecular weight excluding hydrogens is 178 g/mol. The van der Waals surface area contributed by atoms with Crippen LogP contribution in [0.1, 0.15) is 19.8 Å². The average Bonchev–Trinajstić information content (AvgIpc) is 2.44. The molecule has 14 heavy (non-hydrogen) atoms. The monoisotopic (exact) mass is 191 g/mol. The van der Waals surface area contributed by atoms with Crippen molar-refractivity contribution in [3.63, 3.8) is 0 Å². The normalized spacial score (nSPS) is 19.1. The smallest absolute Gasteiger partial charge is 0.394 e. The Morgan fingerprint density at radius 3 is 2.43 bits per heavy atom. The number of ether oxygens (including phenoxy) is 1. The minimum absolute atomic E-state index is 0.301. The van der Waals surface area contributed by atoms with E-state index in [1.54, 1.807) is 6.92 Å². The van der Waals surface area contributed by atoms with Gasteiger partial charge in [0.05, 0.1) is 19.4 Å². The Labute approximate surface area is 83.9 Å². The van der Waals surface area contributed by atoms with Crippen LogP contribution in [0.5, 0.6) is 0 Å². The molecule has 1 aliphatic rings. The summed E-state index contributed by atoms with van der Waals surface area (Å²) in [6, 6.07) is 0. The highest BCUT2D eigenvalue weighted by Crippen LogP contribution is 2.40. The maximum atomic E-state index is 11.6. The van der Waals surface area contributed by atoms with Gasteiger partial charge in [0.15, 0.2) is 0 Å². The van der Waals surface area contributed by atoms with Crippen LogP contribution in [0, 0.1) is 6.57 Å². The zero-order chi connectivity index (χ0) is 10.8. The molecule has 0 bridgehead atoms. The van der Waals surface area contributed by atoms with E-state index in [-0.39, 0.29) is 0 Å². The molecule has 0 radical (unpaired) electrons. The Morgan fingerprint density at radius 1 is 1.57 bits per heavy atom. The van der Waals surface area contributed by atoms with Crippen LogP contribution in [-0.2, 0) is 9.53 Å². The largest absolute Gasteiger partial charge is 0.460 e. The Morgan fingerprint density at radius 2 is 2.07 bits per heavy atom. The Bertz CT molecular complexity index is 320. The third-order valence-corrected chi connectivity index (χ3v) is 2.38. The summed E-state index contributed by atoms with van der Waals surface area (Å²) in [5, 5.41) is 0. The van der Waals surface area contributed by atoms with Crippen LogP contribution in [0.25, 0.3) is 4.85 Å². The van der Waals surface area contributed by atoms with E-state index in [9.17, 15) is 4.79 Å². The number of rotatable bonds is 2. The molecule has 1 rings (SSSR count). The summed E-state index contributed by atoms with van der Waals surface area (Å²) < 4.78 is 4.88. The minimum atomic E-state index is -1.08. The summed E-state index contributed by atoms with van der Waals surface area (Å²) in [6.07, 6.45) is 0.711. The van der Waals surface area contributed by atoms with E-state index in [2.05, 4.69) is 18.0 Å². The van der Waals surface area contributed by atoms with Gasteiger partial charge in [0.25, 0.3) is 0 Å². The van der Waals surface area contributed by atoms with Crippen molar-refractivity contribution in [1.29, 1.82) is 0 Å². The van der Waals surface area contributed by atoms with Gasteiger partial charge in [-0.1, -0.05) is 13.2 Å². The van der Waals surface area contributed by atoms with Crippen LogP contribution < -0.4 is 0 Å². The van der Waals surface area contributed by atoms with Gasteiger partial charge < -0.3 is 4.74 Å². The van der Waals surface area contributed by atoms with Crippen molar-refractivity contribution in [3.8, 4) is 0 Å². The van der Waals surface area contributed by atoms with Crippen molar-refractivity contribution >= 4 is 5.97 Å². The highest BCUT2D eigenvalue weighted by molar-refractivity contribution is 5.85. The number of nitrogens with zero attached hydrogens (tertiary/aromatic N) is 1. The van der Waals surface area contributed by atoms with Crippen molar-refractivity contribution in [1.82, 2.24) is 0 Å². The van der Waals surface area contributed by atoms with Gasteiger partial charge in [-0.15, -0.1) is 0 Å². The molecule has 1 aliphatic carbocycles. The molecule has 0 spiro atoms. The van der Waals surface area contributed by atoms with Crippen LogP contribution in [-0.4, -0.2) is 18.1 Å². The third kappa shape index (κ3) is 1.56. The molecule has 0 atom stereocenters. The zero-order valence-corrected chi connectivity index (χ0v) is 8.30. The van der Waals surface area contributed by atoms with E-state index < -0.39 is 11.5 Å². The molecule has 0 aromatic carbocycles. The van der Waals surface area contributed by atoms with Gasteiger partial charge >= 0.3 is 11.5 Å². The van der Waals surface area contributed by atoms with E-state index in [4.69, 9.17) is 11.3 Å². The number of carbonyl (C=O) groups is 1. The lowest BCUT2D eigenvalue weighted by molar-refractivity contribution is -0.147. The fraction of sp³-hybridized carbons (Fsp3) is 0.455. The van der Waals surface area contributed by atoms with Crippen LogP contribution in [0.3, 0.4) is 0 Å². The summed E-state index contributed by atoms with van der Waals surface area (Å²) in [4.78, 5) is 15.0. The number of hydrogen-bond donors (Lipinski definition) is 0. The van der Waals surface area contributed by atoms with E-state index >= 15 is 0 Å². The van der Waals surface area contributed by atoms with Crippen molar-refractivity contribution < 1.29 is 9.53 Å². The molecule has 1 saturated carbocycles. The van der Waals surface area contributed by atoms with Crippen molar-refractivity contribution in [2.45, 2.75) is 25.3 Å². The molecule has 0 unspecified atom stereocenters. The summed E-state index contributed by atoms with van der Waals surface area (Å²) in [7, 11) is 0. The van der Waals surface area contributed by atoms with Gasteiger partial charge in [-0.3, -0.25) is 4.85 Å². The summed E-state index contributed by atoms with van der Waals surface area (Å²) in [6.45, 7) is 16.7. The highest BCUT2D eigenvalue weighted by Gasteiger charge is 2.52. The first-order chi connectivity index (χ1) is 6.55. The molecule has 1 fully saturated rings. The molecule has 0 amide bonds. The first kappa shape index (κ1) is 10.5. The van der Waals surface area contributed by atoms with E-state index in [0.29, 0.717) is 19.4 Å². The predicted octanol–water partition coefficient (Wildman–Crippen LogP) is 2.11. The lowest BCUT2D eigenvalue weighted by Gasteiger charge is -2.12. The van der Waals surface area contributed by atoms with Gasteiger partial charge in [-0.05, 0) is 18.1 Å². The second kappa shape index (κ2) is 3.67. The van der Waals surface area contributed by atoms with Crippen LogP contribution in [0.4, 0.5) is 0 Å². The number of esters is 1. The van der Waals surface area contributed by atoms with Crippen LogP contribution in [0.15, 0.2) is 24.3 Å². The maximum Gasteiger partial charge on any atom is 0.394 e. The summed E-state index contributed by atoms with van der Waals surface area (Å²) in [5.41, 5.74) is 0.493. The second-order valence-corrected chi connectivity index (χ2v) is 3.42. The van der Waals surface area contributed by atoms with Gasteiger partial charge in [-0.25, -0.2) is 11.4 Å². The fourth-order valence-corrected chi connectivity index (χ4v) is 1.55. The van der Waals surface area contributed by atoms with E-state index in [1.807, 2.05) is 0 Å². The molecule has 0 aromatic heterocycles. The zero-order valence-electron chi connectivity index (χ0n) is 8.30. The fourth-order valence-electron chi connectivity index (χ4n) is 1.55. The summed E-state index contributed by atoms with van der Waals surface area (Å²) >= 11 is 0. The third-order valence-electron chi connectivity index (χ3n) is 2.38. The average molecular weight is 191 g/mol. The maximum absolute atomic E-state index is 11.6. The summed E-state index contributed by atoms with van der Waals surface area (Å²) in [5.74, 6) is -0.449. The molecule has 0 N–H and O–H groups in total. The topological polar surface area (TPSA) is 30.7 Å². The quantitative estimate of drug-likeness (QED) is 0.494. The minimum Gasteiger partial charge on any atom is -0.460 e. The van der Waals surface area contributed by atoms with Gasteiger partial charge in [0.1, 0.15) is 0 Å². The van der Waals surface area contributed by atoms with E-state index in [1.165, 1.54) is 0 Å². The number of hydrogen-bond acceptors (Lipinski definition) is 2. The lowest BCUT2D eigenvalue weighted by Crippen LogP contribution is -2.33. The van der Waals surface area contributed by atoms with Gasteiger partial charge in [0, 0.05) is 0 Å². The molecular formula is C11H13NO2. The molecule has 0 saturated heterocycles. The molecule has 3 nitrogen and oxygen atoms in total. The Hall–Kier alpha value is -1.56. The van der Waals surface area contributed by atoms with Crippen LogP contribution >= 0.6 is 0 Å². The van der Waals surface area contributed by atoms with Crippen molar-refractivity contribution in [2.75, 3.05) is 6.61 Å². The first-order valence-corrected chi connectivity index (χ1v) is 4.47. The van der Waals surface area contributed by atoms with Gasteiger partial charge in [0.2, 0.25) is 0 Å². The Kier molecular flexibility index (Phi) is 2.76. The van der Waals surface area contributed by atoms with E-state index in [0.717, 1.165) is 11.1 Å². The van der Waals surface area contributed by atoms with Gasteiger partial charge in [-0.2, -0.15) is 0 Å². The lowest BCUT2D eigenvalue weighted by atomic mass is 9.98. The molecule has 0 aliphatic heterocycles. The first-order valence-electron chi connectivity index (χ1n) is 4.47. The van der Waals surface area contributed by atoms with Crippen LogP contribution in [0.2, 0.25) is 0 Å². The second-order valence-electron chi connectivity index (χ2n) is 3.42. The molecule has 0 heterocycles. The Balaban J connectivity index is 2.91. The van der Waals surface area contributed by atoms with Crippen molar-refractivity contribution in [3.05, 3.63) is 35.7 Å². The predicted molar refractivity (Wildman–Crippen MR) is 53.5 cm³/mol. The molecule has 0 aromatic rings. The SMILES string of the molecule is [C-]#[N+]C1(C(=O)OCC)CC(=C)C(=C)C1. The van der Waals surface area contributed by atoms with Crippen molar-refractivity contribution in [2.24, 2.45) is 0 Å². The molecule has 3 heteroatoms. The number of carbonyl (C=O) groups excluding carboxylic acids is 1. The highest BCUT2D eigenvalue weighted by atomic mass is 16.5.